The Kier molecular flexibility index (Phi) is 4.86. The lowest BCUT2D eigenvalue weighted by Crippen LogP contribution is -2.29. The van der Waals surface area contributed by atoms with Gasteiger partial charge in [0.2, 0.25) is 5.91 Å². The number of nitrogens with zero attached hydrogens (tertiary/aromatic N) is 1. The predicted molar refractivity (Wildman–Crippen MR) is 93.5 cm³/mol. The fraction of sp³-hybridized carbons (Fsp3) is 0.167. The minimum absolute atomic E-state index is 0.109. The number of hydrogen-bond donors (Lipinski definition) is 3. The molecule has 1 aromatic heterocycles. The first-order chi connectivity index (χ1) is 11.7. The minimum Gasteiger partial charge on any atom is -0.310 e. The Bertz CT molecular complexity index is 890. The number of anilines is 1. The lowest BCUT2D eigenvalue weighted by atomic mass is 10.2. The van der Waals surface area contributed by atoms with Crippen molar-refractivity contribution in [2.75, 3.05) is 5.43 Å². The fourth-order valence-corrected chi connectivity index (χ4v) is 2.40. The predicted octanol–water partition coefficient (Wildman–Crippen LogP) is 2.39. The van der Waals surface area contributed by atoms with E-state index in [1.165, 1.54) is 0 Å². The van der Waals surface area contributed by atoms with Gasteiger partial charge in [-0.3, -0.25) is 20.4 Å². The van der Waals surface area contributed by atoms with Gasteiger partial charge in [-0.05, 0) is 30.7 Å². The molecule has 3 aromatic rings. The molecule has 24 heavy (non-hydrogen) atoms. The first-order valence-corrected chi connectivity index (χ1v) is 7.80. The van der Waals surface area contributed by atoms with Crippen molar-refractivity contribution in [1.29, 1.82) is 0 Å². The van der Waals surface area contributed by atoms with E-state index in [0.717, 1.165) is 5.69 Å². The van der Waals surface area contributed by atoms with Crippen LogP contribution in [-0.4, -0.2) is 15.9 Å². The second-order valence-electron chi connectivity index (χ2n) is 5.42. The van der Waals surface area contributed by atoms with Gasteiger partial charge in [-0.15, -0.1) is 0 Å². The third-order valence-corrected chi connectivity index (χ3v) is 3.60. The van der Waals surface area contributed by atoms with Gasteiger partial charge in [-0.1, -0.05) is 30.3 Å². The molecule has 2 aromatic carbocycles. The van der Waals surface area contributed by atoms with Crippen molar-refractivity contribution >= 4 is 22.5 Å². The third kappa shape index (κ3) is 3.98. The van der Waals surface area contributed by atoms with E-state index >= 15 is 0 Å². The van der Waals surface area contributed by atoms with E-state index in [9.17, 15) is 9.59 Å². The maximum atomic E-state index is 12.0. The second kappa shape index (κ2) is 7.41. The smallest absolute Gasteiger partial charge is 0.258 e. The average molecular weight is 322 g/mol. The fourth-order valence-electron chi connectivity index (χ4n) is 2.40. The summed E-state index contributed by atoms with van der Waals surface area (Å²) in [7, 11) is 0. The molecule has 0 saturated heterocycles. The molecule has 122 valence electrons. The zero-order valence-electron chi connectivity index (χ0n) is 13.1. The summed E-state index contributed by atoms with van der Waals surface area (Å²) < 4.78 is 0. The topological polar surface area (TPSA) is 86.9 Å². The molecular formula is C18H18N4O2. The molecule has 0 bridgehead atoms. The van der Waals surface area contributed by atoms with Gasteiger partial charge in [0.05, 0.1) is 16.6 Å². The van der Waals surface area contributed by atoms with Crippen molar-refractivity contribution in [2.24, 2.45) is 0 Å². The van der Waals surface area contributed by atoms with Crippen molar-refractivity contribution in [1.82, 2.24) is 15.4 Å². The Balaban J connectivity index is 1.51. The van der Waals surface area contributed by atoms with Gasteiger partial charge in [0.1, 0.15) is 5.82 Å². The Morgan fingerprint density at radius 2 is 1.79 bits per heavy atom. The number of aromatic amines is 1. The number of aromatic nitrogens is 2. The first-order valence-electron chi connectivity index (χ1n) is 7.80. The normalized spacial score (nSPS) is 10.5. The first kappa shape index (κ1) is 15.7. The number of carbonyl (C=O) groups is 1. The summed E-state index contributed by atoms with van der Waals surface area (Å²) in [5, 5.41) is 0.575. The molecule has 0 spiro atoms. The lowest BCUT2D eigenvalue weighted by molar-refractivity contribution is -0.120. The molecule has 0 radical (unpaired) electrons. The van der Waals surface area contributed by atoms with Crippen LogP contribution in [0.2, 0.25) is 0 Å². The molecule has 1 heterocycles. The number of nitrogens with one attached hydrogen (secondary N) is 3. The number of hydrazine groups is 1. The number of fused-ring (bicyclic) bond motifs is 1. The molecule has 0 aliphatic heterocycles. The summed E-state index contributed by atoms with van der Waals surface area (Å²) in [4.78, 5) is 31.0. The van der Waals surface area contributed by atoms with Crippen LogP contribution in [0.4, 0.5) is 5.69 Å². The summed E-state index contributed by atoms with van der Waals surface area (Å²) in [5.74, 6) is 0.490. The Morgan fingerprint density at radius 1 is 1.04 bits per heavy atom. The number of aryl methyl sites for hydroxylation is 1. The Morgan fingerprint density at radius 3 is 2.62 bits per heavy atom. The number of amides is 1. The summed E-state index contributed by atoms with van der Waals surface area (Å²) in [5.41, 5.74) is 6.85. The molecule has 6 heteroatoms. The standard InChI is InChI=1S/C18H18N4O2/c23-17(22-21-13-7-2-1-3-8-13)12-6-11-16-19-15-10-5-4-9-14(15)18(24)20-16/h1-5,7-10,21H,6,11-12H2,(H,22,23)(H,19,20,24). The van der Waals surface area contributed by atoms with E-state index < -0.39 is 0 Å². The monoisotopic (exact) mass is 322 g/mol. The van der Waals surface area contributed by atoms with E-state index in [2.05, 4.69) is 20.8 Å². The highest BCUT2D eigenvalue weighted by Crippen LogP contribution is 2.07. The molecule has 0 aliphatic carbocycles. The van der Waals surface area contributed by atoms with E-state index in [1.54, 1.807) is 6.07 Å². The van der Waals surface area contributed by atoms with Crippen molar-refractivity contribution in [3.05, 3.63) is 70.8 Å². The van der Waals surface area contributed by atoms with Crippen LogP contribution in [0.15, 0.2) is 59.4 Å². The van der Waals surface area contributed by atoms with Crippen LogP contribution < -0.4 is 16.4 Å². The number of carbonyl (C=O) groups excluding carboxylic acids is 1. The Hall–Kier alpha value is -3.15. The van der Waals surface area contributed by atoms with Crippen LogP contribution in [0.5, 0.6) is 0 Å². The highest BCUT2D eigenvalue weighted by Gasteiger charge is 2.05. The van der Waals surface area contributed by atoms with Gasteiger partial charge in [0.15, 0.2) is 0 Å². The molecule has 0 aliphatic rings. The van der Waals surface area contributed by atoms with Crippen molar-refractivity contribution in [3.63, 3.8) is 0 Å². The summed E-state index contributed by atoms with van der Waals surface area (Å²) >= 11 is 0. The molecule has 6 nitrogen and oxygen atoms in total. The van der Waals surface area contributed by atoms with Crippen LogP contribution in [0.3, 0.4) is 0 Å². The third-order valence-electron chi connectivity index (χ3n) is 3.60. The number of H-pyrrole nitrogens is 1. The van der Waals surface area contributed by atoms with E-state index in [4.69, 9.17) is 0 Å². The van der Waals surface area contributed by atoms with Gasteiger partial charge in [0.25, 0.3) is 5.56 Å². The average Bonchev–Trinajstić information content (AvgIpc) is 2.61. The summed E-state index contributed by atoms with van der Waals surface area (Å²) in [6, 6.07) is 16.6. The van der Waals surface area contributed by atoms with E-state index in [-0.39, 0.29) is 11.5 Å². The molecule has 1 amide bonds. The molecular weight excluding hydrogens is 304 g/mol. The minimum atomic E-state index is -0.147. The number of rotatable bonds is 6. The van der Waals surface area contributed by atoms with Gasteiger partial charge < -0.3 is 4.98 Å². The van der Waals surface area contributed by atoms with Crippen molar-refractivity contribution in [2.45, 2.75) is 19.3 Å². The Labute approximate surface area is 138 Å². The van der Waals surface area contributed by atoms with E-state index in [0.29, 0.717) is 36.0 Å². The van der Waals surface area contributed by atoms with Crippen LogP contribution >= 0.6 is 0 Å². The van der Waals surface area contributed by atoms with Crippen LogP contribution in [0.1, 0.15) is 18.7 Å². The number of hydrogen-bond acceptors (Lipinski definition) is 4. The zero-order valence-corrected chi connectivity index (χ0v) is 13.1. The quantitative estimate of drug-likeness (QED) is 0.608. The molecule has 3 rings (SSSR count). The van der Waals surface area contributed by atoms with Crippen LogP contribution in [-0.2, 0) is 11.2 Å². The molecule has 0 saturated carbocycles. The summed E-state index contributed by atoms with van der Waals surface area (Å²) in [6.07, 6.45) is 1.48. The van der Waals surface area contributed by atoms with Gasteiger partial charge in [-0.2, -0.15) is 0 Å². The van der Waals surface area contributed by atoms with Crippen molar-refractivity contribution in [3.8, 4) is 0 Å². The van der Waals surface area contributed by atoms with Gasteiger partial charge >= 0.3 is 0 Å². The second-order valence-corrected chi connectivity index (χ2v) is 5.42. The lowest BCUT2D eigenvalue weighted by Gasteiger charge is -2.08. The molecule has 0 unspecified atom stereocenters. The molecule has 3 N–H and O–H groups in total. The highest BCUT2D eigenvalue weighted by molar-refractivity contribution is 5.78. The largest absolute Gasteiger partial charge is 0.310 e. The molecule has 0 atom stereocenters. The van der Waals surface area contributed by atoms with Gasteiger partial charge in [0, 0.05) is 12.8 Å². The maximum absolute atomic E-state index is 12.0. The van der Waals surface area contributed by atoms with E-state index in [1.807, 2.05) is 48.5 Å². The van der Waals surface area contributed by atoms with Gasteiger partial charge in [-0.25, -0.2) is 4.98 Å². The van der Waals surface area contributed by atoms with Crippen LogP contribution in [0.25, 0.3) is 10.9 Å². The highest BCUT2D eigenvalue weighted by atomic mass is 16.2. The number of benzene rings is 2. The SMILES string of the molecule is O=C(CCCc1nc2ccccc2c(=O)[nH]1)NNc1ccccc1. The van der Waals surface area contributed by atoms with Crippen molar-refractivity contribution < 1.29 is 4.79 Å². The zero-order chi connectivity index (χ0) is 16.8. The maximum Gasteiger partial charge on any atom is 0.258 e. The summed E-state index contributed by atoms with van der Waals surface area (Å²) in [6.45, 7) is 0. The molecule has 0 fully saturated rings. The van der Waals surface area contributed by atoms with Crippen LogP contribution in [0, 0.1) is 0 Å². The number of para-hydroxylation sites is 2.